The van der Waals surface area contributed by atoms with Crippen LogP contribution in [0.1, 0.15) is 5.76 Å². The molecular formula is C13H11ClO5S. The monoisotopic (exact) mass is 314 g/mol. The molecule has 5 nitrogen and oxygen atoms in total. The van der Waals surface area contributed by atoms with Crippen LogP contribution in [-0.4, -0.2) is 19.3 Å². The van der Waals surface area contributed by atoms with E-state index in [1.54, 1.807) is 0 Å². The largest absolute Gasteiger partial charge is 0.502 e. The Morgan fingerprint density at radius 3 is 2.45 bits per heavy atom. The maximum absolute atomic E-state index is 12.1. The van der Waals surface area contributed by atoms with Crippen molar-refractivity contribution in [3.05, 3.63) is 57.6 Å². The topological polar surface area (TPSA) is 84.6 Å². The molecule has 0 unspecified atom stereocenters. The molecule has 0 fully saturated rings. The molecule has 0 aliphatic carbocycles. The van der Waals surface area contributed by atoms with Gasteiger partial charge in [0.2, 0.25) is 5.43 Å². The minimum absolute atomic E-state index is 0.0421. The molecule has 1 aromatic heterocycles. The maximum Gasteiger partial charge on any atom is 0.226 e. The highest BCUT2D eigenvalue weighted by atomic mass is 35.5. The van der Waals surface area contributed by atoms with Gasteiger partial charge in [0.15, 0.2) is 15.6 Å². The highest BCUT2D eigenvalue weighted by molar-refractivity contribution is 7.91. The molecule has 1 N–H and O–H groups in total. The van der Waals surface area contributed by atoms with Crippen molar-refractivity contribution in [3.8, 4) is 5.75 Å². The van der Waals surface area contributed by atoms with E-state index in [1.165, 1.54) is 24.3 Å². The Morgan fingerprint density at radius 2 is 1.85 bits per heavy atom. The van der Waals surface area contributed by atoms with Crippen LogP contribution in [0.3, 0.4) is 0 Å². The molecule has 0 saturated carbocycles. The van der Waals surface area contributed by atoms with E-state index in [1.807, 2.05) is 0 Å². The fourth-order valence-electron chi connectivity index (χ4n) is 1.57. The first-order valence-corrected chi connectivity index (χ1v) is 7.70. The first kappa shape index (κ1) is 14.6. The molecule has 0 aliphatic rings. The molecule has 2 rings (SSSR count). The highest BCUT2D eigenvalue weighted by Crippen LogP contribution is 2.16. The average Bonchev–Trinajstić information content (AvgIpc) is 2.41. The number of sulfone groups is 1. The first-order valence-electron chi connectivity index (χ1n) is 5.67. The lowest BCUT2D eigenvalue weighted by Gasteiger charge is -2.04. The minimum atomic E-state index is -3.48. The van der Waals surface area contributed by atoms with Crippen molar-refractivity contribution in [2.75, 3.05) is 5.75 Å². The average molecular weight is 315 g/mol. The standard InChI is InChI=1S/C13H11ClO5S/c14-9-1-3-11(4-2-9)20(17,18)6-5-10-7-12(15)13(16)8-19-10/h1-4,7-8,16H,5-6H2. The normalized spacial score (nSPS) is 11.4. The van der Waals surface area contributed by atoms with Gasteiger partial charge in [0.25, 0.3) is 0 Å². The number of halogens is 1. The summed E-state index contributed by atoms with van der Waals surface area (Å²) in [6.07, 6.45) is 0.938. The van der Waals surface area contributed by atoms with Crippen molar-refractivity contribution in [2.45, 2.75) is 11.3 Å². The van der Waals surface area contributed by atoms with Gasteiger partial charge in [-0.05, 0) is 24.3 Å². The van der Waals surface area contributed by atoms with Crippen LogP contribution < -0.4 is 5.43 Å². The summed E-state index contributed by atoms with van der Waals surface area (Å²) in [5.41, 5.74) is -0.602. The summed E-state index contributed by atoms with van der Waals surface area (Å²) >= 11 is 5.70. The summed E-state index contributed by atoms with van der Waals surface area (Å²) in [7, 11) is -3.48. The van der Waals surface area contributed by atoms with Gasteiger partial charge in [0.05, 0.1) is 10.6 Å². The van der Waals surface area contributed by atoms with Crippen molar-refractivity contribution in [3.63, 3.8) is 0 Å². The number of rotatable bonds is 4. The Balaban J connectivity index is 2.15. The van der Waals surface area contributed by atoms with E-state index in [0.29, 0.717) is 5.02 Å². The van der Waals surface area contributed by atoms with Crippen LogP contribution in [-0.2, 0) is 16.3 Å². The third-order valence-electron chi connectivity index (χ3n) is 2.66. The van der Waals surface area contributed by atoms with Crippen molar-refractivity contribution < 1.29 is 17.9 Å². The molecule has 20 heavy (non-hydrogen) atoms. The lowest BCUT2D eigenvalue weighted by atomic mass is 10.3. The van der Waals surface area contributed by atoms with E-state index >= 15 is 0 Å². The molecule has 106 valence electrons. The van der Waals surface area contributed by atoms with Crippen LogP contribution in [0.5, 0.6) is 5.75 Å². The molecule has 0 atom stereocenters. The fourth-order valence-corrected chi connectivity index (χ4v) is 2.95. The van der Waals surface area contributed by atoms with Gasteiger partial charge in [-0.15, -0.1) is 0 Å². The zero-order valence-corrected chi connectivity index (χ0v) is 11.8. The molecule has 0 radical (unpaired) electrons. The number of aromatic hydroxyl groups is 1. The Hall–Kier alpha value is -1.79. The molecule has 0 spiro atoms. The summed E-state index contributed by atoms with van der Waals surface area (Å²) in [4.78, 5) is 11.4. The fraction of sp³-hybridized carbons (Fsp3) is 0.154. The zero-order chi connectivity index (χ0) is 14.8. The van der Waals surface area contributed by atoms with Crippen LogP contribution >= 0.6 is 11.6 Å². The zero-order valence-electron chi connectivity index (χ0n) is 10.2. The van der Waals surface area contributed by atoms with E-state index in [4.69, 9.17) is 21.1 Å². The van der Waals surface area contributed by atoms with Gasteiger partial charge in [-0.1, -0.05) is 11.6 Å². The Bertz CT molecular complexity index is 762. The van der Waals surface area contributed by atoms with Gasteiger partial charge in [-0.2, -0.15) is 0 Å². The second-order valence-electron chi connectivity index (χ2n) is 4.12. The van der Waals surface area contributed by atoms with Crippen LogP contribution in [0.25, 0.3) is 0 Å². The Morgan fingerprint density at radius 1 is 1.20 bits per heavy atom. The summed E-state index contributed by atoms with van der Waals surface area (Å²) in [5, 5.41) is 9.49. The molecular weight excluding hydrogens is 304 g/mol. The van der Waals surface area contributed by atoms with Crippen molar-refractivity contribution >= 4 is 21.4 Å². The van der Waals surface area contributed by atoms with E-state index in [-0.39, 0.29) is 22.8 Å². The molecule has 0 saturated heterocycles. The smallest absolute Gasteiger partial charge is 0.226 e. The van der Waals surface area contributed by atoms with Gasteiger partial charge >= 0.3 is 0 Å². The number of hydrogen-bond acceptors (Lipinski definition) is 5. The lowest BCUT2D eigenvalue weighted by molar-refractivity contribution is 0.415. The van der Waals surface area contributed by atoms with Crippen LogP contribution in [0.2, 0.25) is 5.02 Å². The predicted molar refractivity (Wildman–Crippen MR) is 73.9 cm³/mol. The summed E-state index contributed by atoms with van der Waals surface area (Å²) in [5.74, 6) is -0.512. The van der Waals surface area contributed by atoms with Gasteiger partial charge in [0.1, 0.15) is 12.0 Å². The lowest BCUT2D eigenvalue weighted by Crippen LogP contribution is -2.10. The molecule has 0 bridgehead atoms. The summed E-state index contributed by atoms with van der Waals surface area (Å²) in [6, 6.07) is 6.91. The Labute approximate surface area is 120 Å². The van der Waals surface area contributed by atoms with E-state index in [0.717, 1.165) is 12.3 Å². The number of aryl methyl sites for hydroxylation is 1. The van der Waals surface area contributed by atoms with E-state index in [9.17, 15) is 13.2 Å². The molecule has 0 amide bonds. The predicted octanol–water partition coefficient (Wildman–Crippen LogP) is 2.02. The highest BCUT2D eigenvalue weighted by Gasteiger charge is 2.15. The van der Waals surface area contributed by atoms with Crippen LogP contribution in [0.4, 0.5) is 0 Å². The van der Waals surface area contributed by atoms with Crippen LogP contribution in [0.15, 0.2) is 50.7 Å². The van der Waals surface area contributed by atoms with E-state index < -0.39 is 21.0 Å². The second-order valence-corrected chi connectivity index (χ2v) is 6.66. The third kappa shape index (κ3) is 3.40. The van der Waals surface area contributed by atoms with Gasteiger partial charge in [-0.25, -0.2) is 8.42 Å². The molecule has 0 aliphatic heterocycles. The van der Waals surface area contributed by atoms with Crippen molar-refractivity contribution in [1.29, 1.82) is 0 Å². The van der Waals surface area contributed by atoms with Gasteiger partial charge in [-0.3, -0.25) is 4.79 Å². The first-order chi connectivity index (χ1) is 9.38. The molecule has 2 aromatic rings. The second kappa shape index (κ2) is 5.68. The minimum Gasteiger partial charge on any atom is -0.502 e. The Kier molecular flexibility index (Phi) is 4.15. The molecule has 1 heterocycles. The van der Waals surface area contributed by atoms with Gasteiger partial charge in [0, 0.05) is 17.5 Å². The summed E-state index contributed by atoms with van der Waals surface area (Å²) < 4.78 is 29.1. The van der Waals surface area contributed by atoms with Gasteiger partial charge < -0.3 is 9.52 Å². The van der Waals surface area contributed by atoms with E-state index in [2.05, 4.69) is 0 Å². The number of benzene rings is 1. The van der Waals surface area contributed by atoms with Crippen molar-refractivity contribution in [1.82, 2.24) is 0 Å². The molecule has 7 heteroatoms. The maximum atomic E-state index is 12.1. The summed E-state index contributed by atoms with van der Waals surface area (Å²) in [6.45, 7) is 0. The van der Waals surface area contributed by atoms with Crippen molar-refractivity contribution in [2.24, 2.45) is 0 Å². The quantitative estimate of drug-likeness (QED) is 0.933. The third-order valence-corrected chi connectivity index (χ3v) is 4.64. The van der Waals surface area contributed by atoms with Crippen LogP contribution in [0, 0.1) is 0 Å². The SMILES string of the molecule is O=c1cc(CCS(=O)(=O)c2ccc(Cl)cc2)occ1O. The number of hydrogen-bond donors (Lipinski definition) is 1. The molecule has 1 aromatic carbocycles.